The fraction of sp³-hybridized carbons (Fsp3) is 0.409. The number of ether oxygens (including phenoxy) is 1. The minimum Gasteiger partial charge on any atom is -0.460 e. The molecule has 2 N–H and O–H groups in total. The smallest absolute Gasteiger partial charge is 0.309 e. The molecule has 0 bridgehead atoms. The lowest BCUT2D eigenvalue weighted by molar-refractivity contribution is -0.159. The first-order valence-corrected chi connectivity index (χ1v) is 8.87. The van der Waals surface area contributed by atoms with Crippen LogP contribution in [-0.4, -0.2) is 17.6 Å². The Morgan fingerprint density at radius 1 is 1.00 bits per heavy atom. The van der Waals surface area contributed by atoms with Gasteiger partial charge in [0.1, 0.15) is 5.60 Å². The Labute approximate surface area is 151 Å². The molecule has 3 heteroatoms. The van der Waals surface area contributed by atoms with Crippen molar-refractivity contribution in [2.75, 3.05) is 0 Å². The molecule has 0 unspecified atom stereocenters. The van der Waals surface area contributed by atoms with Crippen LogP contribution in [0.5, 0.6) is 0 Å². The molecular formula is C22H29NO2. The van der Waals surface area contributed by atoms with E-state index in [0.29, 0.717) is 6.42 Å². The van der Waals surface area contributed by atoms with Gasteiger partial charge in [0.05, 0.1) is 5.92 Å². The van der Waals surface area contributed by atoms with Crippen molar-refractivity contribution in [3.05, 3.63) is 60.2 Å². The molecule has 0 spiro atoms. The fourth-order valence-corrected chi connectivity index (χ4v) is 2.80. The average Bonchev–Trinajstić information content (AvgIpc) is 2.54. The van der Waals surface area contributed by atoms with E-state index < -0.39 is 5.60 Å². The molecule has 0 aliphatic heterocycles. The van der Waals surface area contributed by atoms with Crippen LogP contribution in [0.4, 0.5) is 0 Å². The van der Waals surface area contributed by atoms with Gasteiger partial charge in [0.15, 0.2) is 0 Å². The van der Waals surface area contributed by atoms with E-state index in [9.17, 15) is 4.79 Å². The lowest BCUT2D eigenvalue weighted by Crippen LogP contribution is -2.32. The molecule has 0 saturated heterocycles. The summed E-state index contributed by atoms with van der Waals surface area (Å²) in [6.45, 7) is 7.52. The van der Waals surface area contributed by atoms with Gasteiger partial charge in [-0.2, -0.15) is 0 Å². The third kappa shape index (κ3) is 6.35. The summed E-state index contributed by atoms with van der Waals surface area (Å²) in [4.78, 5) is 12.1. The first-order chi connectivity index (χ1) is 11.7. The zero-order chi connectivity index (χ0) is 18.4. The molecule has 0 aromatic heterocycles. The molecule has 0 radical (unpaired) electrons. The molecule has 2 aromatic rings. The van der Waals surface area contributed by atoms with Crippen LogP contribution in [-0.2, 0) is 16.0 Å². The standard InChI is InChI=1S/C22H29NO2/c1-16(21(24)25-22(2,3)4)14-20(23)15-17-10-12-19(13-11-17)18-8-6-5-7-9-18/h5-13,16,20H,14-15,23H2,1-4H3/t16-,20+/m1/s1. The van der Waals surface area contributed by atoms with E-state index in [2.05, 4.69) is 36.4 Å². The molecule has 25 heavy (non-hydrogen) atoms. The normalized spacial score (nSPS) is 14.0. The lowest BCUT2D eigenvalue weighted by Gasteiger charge is -2.23. The summed E-state index contributed by atoms with van der Waals surface area (Å²) in [6.07, 6.45) is 1.37. The monoisotopic (exact) mass is 339 g/mol. The van der Waals surface area contributed by atoms with Crippen LogP contribution in [0.3, 0.4) is 0 Å². The van der Waals surface area contributed by atoms with E-state index in [0.717, 1.165) is 6.42 Å². The van der Waals surface area contributed by atoms with E-state index in [1.165, 1.54) is 16.7 Å². The number of benzene rings is 2. The second-order valence-electron chi connectivity index (χ2n) is 7.70. The number of carbonyl (C=O) groups excluding carboxylic acids is 1. The maximum absolute atomic E-state index is 12.1. The van der Waals surface area contributed by atoms with Crippen molar-refractivity contribution in [3.63, 3.8) is 0 Å². The van der Waals surface area contributed by atoms with Gasteiger partial charge >= 0.3 is 5.97 Å². The highest BCUT2D eigenvalue weighted by molar-refractivity contribution is 5.72. The number of carbonyl (C=O) groups is 1. The summed E-state index contributed by atoms with van der Waals surface area (Å²) in [5.74, 6) is -0.375. The summed E-state index contributed by atoms with van der Waals surface area (Å²) in [7, 11) is 0. The van der Waals surface area contributed by atoms with Crippen molar-refractivity contribution in [1.82, 2.24) is 0 Å². The summed E-state index contributed by atoms with van der Waals surface area (Å²) >= 11 is 0. The zero-order valence-electron chi connectivity index (χ0n) is 15.7. The van der Waals surface area contributed by atoms with Gasteiger partial charge < -0.3 is 10.5 Å². The van der Waals surface area contributed by atoms with Crippen LogP contribution in [0, 0.1) is 5.92 Å². The highest BCUT2D eigenvalue weighted by Crippen LogP contribution is 2.21. The van der Waals surface area contributed by atoms with Crippen molar-refractivity contribution in [2.24, 2.45) is 11.7 Å². The summed E-state index contributed by atoms with van der Waals surface area (Å²) in [5.41, 5.74) is 9.38. The predicted molar refractivity (Wildman–Crippen MR) is 103 cm³/mol. The van der Waals surface area contributed by atoms with E-state index >= 15 is 0 Å². The number of rotatable bonds is 6. The molecule has 0 amide bonds. The lowest BCUT2D eigenvalue weighted by atomic mass is 9.95. The van der Waals surface area contributed by atoms with Gasteiger partial charge in [0.25, 0.3) is 0 Å². The van der Waals surface area contributed by atoms with Gasteiger partial charge in [-0.3, -0.25) is 4.79 Å². The quantitative estimate of drug-likeness (QED) is 0.783. The molecule has 0 saturated carbocycles. The van der Waals surface area contributed by atoms with Gasteiger partial charge in [0, 0.05) is 6.04 Å². The molecule has 0 fully saturated rings. The van der Waals surface area contributed by atoms with Crippen LogP contribution < -0.4 is 5.73 Å². The maximum Gasteiger partial charge on any atom is 0.309 e. The predicted octanol–water partition coefficient (Wildman–Crippen LogP) is 4.59. The summed E-state index contributed by atoms with van der Waals surface area (Å²) in [5, 5.41) is 0. The van der Waals surface area contributed by atoms with Crippen LogP contribution in [0.1, 0.15) is 39.7 Å². The Morgan fingerprint density at radius 2 is 1.56 bits per heavy atom. The van der Waals surface area contributed by atoms with Gasteiger partial charge in [-0.15, -0.1) is 0 Å². The topological polar surface area (TPSA) is 52.3 Å². The Balaban J connectivity index is 1.90. The second-order valence-corrected chi connectivity index (χ2v) is 7.70. The Morgan fingerprint density at radius 3 is 2.12 bits per heavy atom. The molecule has 3 nitrogen and oxygen atoms in total. The fourth-order valence-electron chi connectivity index (χ4n) is 2.80. The maximum atomic E-state index is 12.1. The van der Waals surface area contributed by atoms with Crippen molar-refractivity contribution < 1.29 is 9.53 Å². The SMILES string of the molecule is C[C@H](C[C@H](N)Cc1ccc(-c2ccccc2)cc1)C(=O)OC(C)(C)C. The molecule has 0 heterocycles. The van der Waals surface area contributed by atoms with E-state index in [4.69, 9.17) is 10.5 Å². The third-order valence-electron chi connectivity index (χ3n) is 4.02. The molecular weight excluding hydrogens is 310 g/mol. The number of hydrogen-bond donors (Lipinski definition) is 1. The molecule has 0 aliphatic rings. The highest BCUT2D eigenvalue weighted by Gasteiger charge is 2.23. The third-order valence-corrected chi connectivity index (χ3v) is 4.02. The van der Waals surface area contributed by atoms with E-state index in [1.54, 1.807) is 0 Å². The second kappa shape index (κ2) is 8.30. The van der Waals surface area contributed by atoms with Crippen molar-refractivity contribution >= 4 is 5.97 Å². The van der Waals surface area contributed by atoms with Crippen LogP contribution in [0.2, 0.25) is 0 Å². The van der Waals surface area contributed by atoms with Crippen molar-refractivity contribution in [1.29, 1.82) is 0 Å². The molecule has 0 aliphatic carbocycles. The van der Waals surface area contributed by atoms with Gasteiger partial charge in [0.2, 0.25) is 0 Å². The molecule has 2 aromatic carbocycles. The zero-order valence-corrected chi connectivity index (χ0v) is 15.7. The largest absolute Gasteiger partial charge is 0.460 e. The van der Waals surface area contributed by atoms with E-state index in [-0.39, 0.29) is 17.9 Å². The van der Waals surface area contributed by atoms with Crippen molar-refractivity contribution in [2.45, 2.75) is 52.2 Å². The van der Waals surface area contributed by atoms with Gasteiger partial charge in [-0.25, -0.2) is 0 Å². The first kappa shape index (κ1) is 19.2. The number of hydrogen-bond acceptors (Lipinski definition) is 3. The molecule has 2 atom stereocenters. The summed E-state index contributed by atoms with van der Waals surface area (Å²) in [6, 6.07) is 18.7. The Hall–Kier alpha value is -2.13. The number of nitrogens with two attached hydrogens (primary N) is 1. The Bertz CT molecular complexity index is 671. The van der Waals surface area contributed by atoms with Crippen LogP contribution >= 0.6 is 0 Å². The van der Waals surface area contributed by atoms with Crippen LogP contribution in [0.25, 0.3) is 11.1 Å². The van der Waals surface area contributed by atoms with E-state index in [1.807, 2.05) is 45.9 Å². The molecule has 2 rings (SSSR count). The molecule has 134 valence electrons. The van der Waals surface area contributed by atoms with Crippen LogP contribution in [0.15, 0.2) is 54.6 Å². The minimum absolute atomic E-state index is 0.0647. The van der Waals surface area contributed by atoms with Crippen molar-refractivity contribution in [3.8, 4) is 11.1 Å². The first-order valence-electron chi connectivity index (χ1n) is 8.87. The van der Waals surface area contributed by atoms with Gasteiger partial charge in [-0.1, -0.05) is 61.5 Å². The van der Waals surface area contributed by atoms with Gasteiger partial charge in [-0.05, 0) is 50.3 Å². The summed E-state index contributed by atoms with van der Waals surface area (Å²) < 4.78 is 5.42. The minimum atomic E-state index is -0.456. The Kier molecular flexibility index (Phi) is 6.38. The number of esters is 1. The average molecular weight is 339 g/mol. The highest BCUT2D eigenvalue weighted by atomic mass is 16.6.